The van der Waals surface area contributed by atoms with E-state index in [1.807, 2.05) is 18.2 Å². The minimum Gasteiger partial charge on any atom is -0.496 e. The fourth-order valence-corrected chi connectivity index (χ4v) is 7.16. The van der Waals surface area contributed by atoms with Gasteiger partial charge in [0, 0.05) is 15.6 Å². The van der Waals surface area contributed by atoms with Gasteiger partial charge in [-0.05, 0) is 91.4 Å². The maximum absolute atomic E-state index is 14.2. The van der Waals surface area contributed by atoms with E-state index in [0.29, 0.717) is 52.5 Å². The number of allylic oxidation sites excluding steroid dienone is 1. The second kappa shape index (κ2) is 13.9. The zero-order chi connectivity index (χ0) is 32.4. The fraction of sp³-hybridized carbons (Fsp3) is 0.242. The van der Waals surface area contributed by atoms with Crippen LogP contribution in [0.2, 0.25) is 0 Å². The molecule has 0 N–H and O–H groups in total. The quantitative estimate of drug-likeness (QED) is 0.146. The lowest BCUT2D eigenvalue weighted by Crippen LogP contribution is -2.40. The Morgan fingerprint density at radius 3 is 2.56 bits per heavy atom. The van der Waals surface area contributed by atoms with E-state index in [1.54, 1.807) is 57.2 Å². The van der Waals surface area contributed by atoms with Crippen LogP contribution >= 0.6 is 49.9 Å². The highest BCUT2D eigenvalue weighted by molar-refractivity contribution is 14.1. The predicted octanol–water partition coefficient (Wildman–Crippen LogP) is 6.29. The molecule has 0 fully saturated rings. The summed E-state index contributed by atoms with van der Waals surface area (Å²) in [5.74, 6) is 0.493. The van der Waals surface area contributed by atoms with Gasteiger partial charge in [-0.3, -0.25) is 9.36 Å². The number of carbonyl (C=O) groups excluding carboxylic acids is 1. The number of carbonyl (C=O) groups is 1. The number of hydrogen-bond acceptors (Lipinski definition) is 8. The molecular formula is C33H29BrFIN2O6S. The Bertz CT molecular complexity index is 2000. The first-order valence-electron chi connectivity index (χ1n) is 13.8. The lowest BCUT2D eigenvalue weighted by molar-refractivity contribution is -0.143. The number of thiazole rings is 1. The van der Waals surface area contributed by atoms with Crippen LogP contribution in [0.4, 0.5) is 4.39 Å². The highest BCUT2D eigenvalue weighted by atomic mass is 127. The third-order valence-electron chi connectivity index (χ3n) is 6.95. The van der Waals surface area contributed by atoms with Crippen molar-refractivity contribution in [3.8, 4) is 17.2 Å². The van der Waals surface area contributed by atoms with Crippen molar-refractivity contribution in [1.29, 1.82) is 0 Å². The number of esters is 1. The molecular weight excluding hydrogens is 778 g/mol. The molecule has 0 spiro atoms. The molecule has 2 heterocycles. The van der Waals surface area contributed by atoms with Crippen molar-refractivity contribution in [2.75, 3.05) is 14.2 Å². The van der Waals surface area contributed by atoms with E-state index in [2.05, 4.69) is 43.5 Å². The third-order valence-corrected chi connectivity index (χ3v) is 9.23. The molecule has 0 radical (unpaired) electrons. The first-order chi connectivity index (χ1) is 21.5. The molecule has 1 atom stereocenters. The average molecular weight is 807 g/mol. The van der Waals surface area contributed by atoms with Gasteiger partial charge in [-0.15, -0.1) is 0 Å². The maximum Gasteiger partial charge on any atom is 0.338 e. The molecule has 0 unspecified atom stereocenters. The van der Waals surface area contributed by atoms with E-state index in [0.717, 1.165) is 4.47 Å². The van der Waals surface area contributed by atoms with Crippen molar-refractivity contribution < 1.29 is 28.1 Å². The number of halogens is 3. The van der Waals surface area contributed by atoms with Crippen molar-refractivity contribution >= 4 is 61.9 Å². The largest absolute Gasteiger partial charge is 0.496 e. The Hall–Kier alpha value is -3.49. The molecule has 4 aromatic rings. The van der Waals surface area contributed by atoms with Crippen molar-refractivity contribution in [2.24, 2.45) is 4.99 Å². The number of aromatic nitrogens is 1. The first-order valence-corrected chi connectivity index (χ1v) is 16.5. The zero-order valence-electron chi connectivity index (χ0n) is 25.0. The molecule has 12 heteroatoms. The molecule has 1 aliphatic heterocycles. The Morgan fingerprint density at radius 2 is 1.87 bits per heavy atom. The van der Waals surface area contributed by atoms with E-state index in [-0.39, 0.29) is 29.7 Å². The van der Waals surface area contributed by atoms with Gasteiger partial charge in [0.15, 0.2) is 16.3 Å². The Balaban J connectivity index is 1.62. The highest BCUT2D eigenvalue weighted by Crippen LogP contribution is 2.38. The summed E-state index contributed by atoms with van der Waals surface area (Å²) in [6.45, 7) is 5.29. The summed E-state index contributed by atoms with van der Waals surface area (Å²) in [5, 5.41) is 0. The minimum atomic E-state index is -0.842. The van der Waals surface area contributed by atoms with Crippen LogP contribution in [0.5, 0.6) is 17.2 Å². The standard InChI is InChI=1S/C33H29BrFIN2O6S/c1-17(2)44-32(40)28-18(3)37-33-38(29(28)22-15-21(34)10-11-25(22)41-4)31(39)27(45-33)14-19-12-24(36)30(26(13-19)42-5)43-16-20-8-6-7-9-23(20)35/h6-15,17,29H,16H2,1-5H3/b27-14-/t29-/m1/s1. The summed E-state index contributed by atoms with van der Waals surface area (Å²) < 4.78 is 40.4. The average Bonchev–Trinajstić information content (AvgIpc) is 3.29. The molecule has 8 nitrogen and oxygen atoms in total. The molecule has 45 heavy (non-hydrogen) atoms. The first kappa shape index (κ1) is 32.9. The van der Waals surface area contributed by atoms with E-state index < -0.39 is 12.0 Å². The van der Waals surface area contributed by atoms with Crippen LogP contribution in [0.3, 0.4) is 0 Å². The Morgan fingerprint density at radius 1 is 1.13 bits per heavy atom. The van der Waals surface area contributed by atoms with Crippen molar-refractivity contribution in [3.05, 3.63) is 116 Å². The van der Waals surface area contributed by atoms with Gasteiger partial charge in [-0.1, -0.05) is 45.5 Å². The number of fused-ring (bicyclic) bond motifs is 1. The van der Waals surface area contributed by atoms with E-state index in [4.69, 9.17) is 18.9 Å². The number of nitrogens with zero attached hydrogens (tertiary/aromatic N) is 2. The van der Waals surface area contributed by atoms with Gasteiger partial charge >= 0.3 is 5.97 Å². The van der Waals surface area contributed by atoms with Gasteiger partial charge in [0.1, 0.15) is 24.2 Å². The summed E-state index contributed by atoms with van der Waals surface area (Å²) in [5.41, 5.74) is 2.09. The lowest BCUT2D eigenvalue weighted by Gasteiger charge is -2.26. The summed E-state index contributed by atoms with van der Waals surface area (Å²) in [6.07, 6.45) is 1.37. The number of rotatable bonds is 9. The minimum absolute atomic E-state index is 0.0248. The summed E-state index contributed by atoms with van der Waals surface area (Å²) >= 11 is 6.86. The van der Waals surface area contributed by atoms with Crippen molar-refractivity contribution in [3.63, 3.8) is 0 Å². The molecule has 3 aromatic carbocycles. The van der Waals surface area contributed by atoms with Crippen LogP contribution in [0.1, 0.15) is 43.5 Å². The van der Waals surface area contributed by atoms with Crippen LogP contribution in [0, 0.1) is 9.39 Å². The summed E-state index contributed by atoms with van der Waals surface area (Å²) in [4.78, 5) is 32.7. The lowest BCUT2D eigenvalue weighted by atomic mass is 9.95. The number of hydrogen-bond donors (Lipinski definition) is 0. The maximum atomic E-state index is 14.2. The highest BCUT2D eigenvalue weighted by Gasteiger charge is 2.35. The molecule has 0 bridgehead atoms. The van der Waals surface area contributed by atoms with Crippen LogP contribution in [0.15, 0.2) is 80.1 Å². The van der Waals surface area contributed by atoms with E-state index in [1.165, 1.54) is 36.2 Å². The zero-order valence-corrected chi connectivity index (χ0v) is 29.6. The number of methoxy groups -OCH3 is 2. The van der Waals surface area contributed by atoms with Gasteiger partial charge in [0.2, 0.25) is 0 Å². The summed E-state index contributed by atoms with van der Waals surface area (Å²) in [6, 6.07) is 14.6. The topological polar surface area (TPSA) is 88.4 Å². The van der Waals surface area contributed by atoms with Crippen LogP contribution in [0.25, 0.3) is 6.08 Å². The van der Waals surface area contributed by atoms with Crippen LogP contribution in [-0.2, 0) is 16.1 Å². The molecule has 1 aromatic heterocycles. The number of ether oxygens (including phenoxy) is 4. The van der Waals surface area contributed by atoms with Crippen LogP contribution < -0.4 is 29.1 Å². The number of benzene rings is 3. The van der Waals surface area contributed by atoms with E-state index >= 15 is 0 Å². The third kappa shape index (κ3) is 6.87. The monoisotopic (exact) mass is 806 g/mol. The molecule has 234 valence electrons. The van der Waals surface area contributed by atoms with E-state index in [9.17, 15) is 14.0 Å². The molecule has 0 saturated carbocycles. The Kier molecular flexibility index (Phi) is 10.1. The van der Waals surface area contributed by atoms with Gasteiger partial charge < -0.3 is 18.9 Å². The molecule has 0 saturated heterocycles. The summed E-state index contributed by atoms with van der Waals surface area (Å²) in [7, 11) is 3.06. The molecule has 0 amide bonds. The second-order valence-electron chi connectivity index (χ2n) is 10.3. The Labute approximate surface area is 285 Å². The van der Waals surface area contributed by atoms with Gasteiger partial charge in [-0.25, -0.2) is 14.2 Å². The second-order valence-corrected chi connectivity index (χ2v) is 13.4. The van der Waals surface area contributed by atoms with Gasteiger partial charge in [0.25, 0.3) is 5.56 Å². The molecule has 0 aliphatic carbocycles. The van der Waals surface area contributed by atoms with Crippen molar-refractivity contribution in [1.82, 2.24) is 4.57 Å². The normalized spacial score (nSPS) is 14.7. The fourth-order valence-electron chi connectivity index (χ4n) is 4.95. The molecule has 1 aliphatic rings. The van der Waals surface area contributed by atoms with Gasteiger partial charge in [0.05, 0.1) is 39.7 Å². The predicted molar refractivity (Wildman–Crippen MR) is 182 cm³/mol. The smallest absolute Gasteiger partial charge is 0.338 e. The molecule has 5 rings (SSSR count). The van der Waals surface area contributed by atoms with Crippen molar-refractivity contribution in [2.45, 2.75) is 39.5 Å². The van der Waals surface area contributed by atoms with Gasteiger partial charge in [-0.2, -0.15) is 0 Å². The SMILES string of the molecule is COc1ccc(Br)cc1[C@@H]1C(C(=O)OC(C)C)=C(C)N=c2s/c(=C\c3cc(I)c(OCc4ccccc4F)c(OC)c3)c(=O)n21. The van der Waals surface area contributed by atoms with Crippen LogP contribution in [-0.4, -0.2) is 30.9 Å².